The number of benzene rings is 3. The maximum Gasteiger partial charge on any atom is 0.262 e. The van der Waals surface area contributed by atoms with Gasteiger partial charge in [0, 0.05) is 16.1 Å². The van der Waals surface area contributed by atoms with Crippen molar-refractivity contribution in [1.82, 2.24) is 10.7 Å². The Morgan fingerprint density at radius 1 is 1.07 bits per heavy atom. The molecule has 3 rings (SSSR count). The highest BCUT2D eigenvalue weighted by molar-refractivity contribution is 6.31. The number of nitrogens with zero attached hydrogens (tertiary/aromatic N) is 1. The molecule has 7 heteroatoms. The van der Waals surface area contributed by atoms with Gasteiger partial charge in [-0.2, -0.15) is 5.10 Å². The van der Waals surface area contributed by atoms with Gasteiger partial charge in [-0.15, -0.1) is 0 Å². The lowest BCUT2D eigenvalue weighted by Gasteiger charge is -2.20. The zero-order chi connectivity index (χ0) is 21.7. The minimum atomic E-state index is -0.797. The fraction of sp³-hybridized carbons (Fsp3) is 0.174. The maximum atomic E-state index is 12.6. The van der Waals surface area contributed by atoms with Crippen molar-refractivity contribution in [1.29, 1.82) is 0 Å². The summed E-state index contributed by atoms with van der Waals surface area (Å²) >= 11 is 5.93. The Hall–Kier alpha value is -3.38. The Morgan fingerprint density at radius 2 is 1.83 bits per heavy atom. The van der Waals surface area contributed by atoms with Gasteiger partial charge >= 0.3 is 0 Å². The topological polar surface area (TPSA) is 90.8 Å². The number of hydrogen-bond acceptors (Lipinski definition) is 4. The molecule has 0 aromatic heterocycles. The zero-order valence-electron chi connectivity index (χ0n) is 16.6. The second-order valence-electron chi connectivity index (χ2n) is 7.16. The van der Waals surface area contributed by atoms with Crippen molar-refractivity contribution in [2.45, 2.75) is 19.9 Å². The van der Waals surface area contributed by atoms with Crippen LogP contribution >= 0.6 is 11.6 Å². The van der Waals surface area contributed by atoms with E-state index in [1.165, 1.54) is 12.3 Å². The van der Waals surface area contributed by atoms with Crippen molar-refractivity contribution < 1.29 is 14.7 Å². The van der Waals surface area contributed by atoms with E-state index in [1.807, 2.05) is 38.1 Å². The van der Waals surface area contributed by atoms with Crippen LogP contribution in [0.15, 0.2) is 65.8 Å². The highest BCUT2D eigenvalue weighted by atomic mass is 35.5. The first-order valence-corrected chi connectivity index (χ1v) is 9.84. The van der Waals surface area contributed by atoms with Gasteiger partial charge in [-0.1, -0.05) is 61.8 Å². The van der Waals surface area contributed by atoms with Crippen LogP contribution in [0.1, 0.15) is 29.8 Å². The van der Waals surface area contributed by atoms with E-state index in [0.717, 1.165) is 10.8 Å². The molecule has 0 aliphatic heterocycles. The van der Waals surface area contributed by atoms with E-state index in [2.05, 4.69) is 15.8 Å². The van der Waals surface area contributed by atoms with Gasteiger partial charge < -0.3 is 10.4 Å². The highest BCUT2D eigenvalue weighted by Crippen LogP contribution is 2.25. The number of phenols is 1. The standard InChI is InChI=1S/C23H22ClN3O3/c1-14(2)21(26-22(29)16-7-5-8-17(24)12-16)23(30)27-25-13-19-18-9-4-3-6-15(18)10-11-20(19)28/h3-14,21,28H,1-2H3,(H,26,29)(H,27,30)/b25-13+. The lowest BCUT2D eigenvalue weighted by atomic mass is 10.0. The van der Waals surface area contributed by atoms with E-state index in [9.17, 15) is 14.7 Å². The number of hydrazone groups is 1. The summed E-state index contributed by atoms with van der Waals surface area (Å²) in [6.45, 7) is 3.64. The summed E-state index contributed by atoms with van der Waals surface area (Å²) in [7, 11) is 0. The molecule has 30 heavy (non-hydrogen) atoms. The third kappa shape index (κ3) is 4.96. The van der Waals surface area contributed by atoms with E-state index in [4.69, 9.17) is 11.6 Å². The SMILES string of the molecule is CC(C)C(NC(=O)c1cccc(Cl)c1)C(=O)N/N=C/c1c(O)ccc2ccccc12. The number of halogens is 1. The van der Waals surface area contributed by atoms with Gasteiger partial charge in [-0.25, -0.2) is 5.43 Å². The van der Waals surface area contributed by atoms with Crippen molar-refractivity contribution in [3.05, 3.63) is 76.8 Å². The predicted molar refractivity (Wildman–Crippen MR) is 119 cm³/mol. The minimum absolute atomic E-state index is 0.0568. The number of carbonyl (C=O) groups is 2. The average Bonchev–Trinajstić information content (AvgIpc) is 2.73. The second-order valence-corrected chi connectivity index (χ2v) is 7.60. The fourth-order valence-corrected chi connectivity index (χ4v) is 3.23. The molecule has 0 fully saturated rings. The Bertz CT molecular complexity index is 1110. The summed E-state index contributed by atoms with van der Waals surface area (Å²) in [4.78, 5) is 25.1. The van der Waals surface area contributed by atoms with Gasteiger partial charge in [0.2, 0.25) is 0 Å². The summed E-state index contributed by atoms with van der Waals surface area (Å²) in [5.41, 5.74) is 3.31. The van der Waals surface area contributed by atoms with Crippen molar-refractivity contribution >= 4 is 40.4 Å². The summed E-state index contributed by atoms with van der Waals surface area (Å²) in [5.74, 6) is -0.978. The molecule has 3 aromatic carbocycles. The number of phenolic OH excluding ortho intramolecular Hbond substituents is 1. The number of rotatable bonds is 6. The average molecular weight is 424 g/mol. The first-order chi connectivity index (χ1) is 14.4. The van der Waals surface area contributed by atoms with E-state index in [0.29, 0.717) is 16.1 Å². The van der Waals surface area contributed by atoms with Gasteiger partial charge in [-0.3, -0.25) is 9.59 Å². The zero-order valence-corrected chi connectivity index (χ0v) is 17.4. The summed E-state index contributed by atoms with van der Waals surface area (Å²) in [5, 5.41) is 19.1. The Kier molecular flexibility index (Phi) is 6.69. The molecule has 1 unspecified atom stereocenters. The third-order valence-corrected chi connectivity index (χ3v) is 4.87. The van der Waals surface area contributed by atoms with Crippen LogP contribution in [0.25, 0.3) is 10.8 Å². The van der Waals surface area contributed by atoms with Crippen LogP contribution in [0.2, 0.25) is 5.02 Å². The van der Waals surface area contributed by atoms with Crippen molar-refractivity contribution in [3.63, 3.8) is 0 Å². The summed E-state index contributed by atoms with van der Waals surface area (Å²) in [6, 6.07) is 16.6. The molecule has 6 nitrogen and oxygen atoms in total. The Labute approximate surface area is 179 Å². The monoisotopic (exact) mass is 423 g/mol. The van der Waals surface area contributed by atoms with Gasteiger partial charge in [0.15, 0.2) is 0 Å². The quantitative estimate of drug-likeness (QED) is 0.411. The number of aromatic hydroxyl groups is 1. The third-order valence-electron chi connectivity index (χ3n) is 4.64. The lowest BCUT2D eigenvalue weighted by Crippen LogP contribution is -2.48. The molecule has 1 atom stereocenters. The molecule has 0 aliphatic rings. The maximum absolute atomic E-state index is 12.6. The Balaban J connectivity index is 1.73. The Morgan fingerprint density at radius 3 is 2.57 bits per heavy atom. The van der Waals surface area contributed by atoms with Crippen molar-refractivity contribution in [2.75, 3.05) is 0 Å². The second kappa shape index (κ2) is 9.41. The van der Waals surface area contributed by atoms with Crippen LogP contribution in [-0.2, 0) is 4.79 Å². The van der Waals surface area contributed by atoms with Crippen LogP contribution < -0.4 is 10.7 Å². The molecule has 0 saturated carbocycles. The minimum Gasteiger partial charge on any atom is -0.507 e. The molecule has 0 radical (unpaired) electrons. The first-order valence-electron chi connectivity index (χ1n) is 9.47. The van der Waals surface area contributed by atoms with Gasteiger partial charge in [0.1, 0.15) is 11.8 Å². The fourth-order valence-electron chi connectivity index (χ4n) is 3.04. The van der Waals surface area contributed by atoms with E-state index < -0.39 is 17.9 Å². The van der Waals surface area contributed by atoms with Crippen molar-refractivity contribution in [3.8, 4) is 5.75 Å². The number of carbonyl (C=O) groups excluding carboxylic acids is 2. The van der Waals surface area contributed by atoms with Crippen LogP contribution in [-0.4, -0.2) is 29.2 Å². The van der Waals surface area contributed by atoms with Gasteiger partial charge in [0.25, 0.3) is 11.8 Å². The van der Waals surface area contributed by atoms with E-state index >= 15 is 0 Å². The van der Waals surface area contributed by atoms with Crippen LogP contribution in [0.3, 0.4) is 0 Å². The molecule has 3 aromatic rings. The van der Waals surface area contributed by atoms with Crippen LogP contribution in [0.4, 0.5) is 0 Å². The molecule has 0 heterocycles. The molecule has 0 bridgehead atoms. The molecule has 0 aliphatic carbocycles. The molecule has 0 saturated heterocycles. The molecular formula is C23H22ClN3O3. The molecule has 154 valence electrons. The molecule has 0 spiro atoms. The van der Waals surface area contributed by atoms with E-state index in [1.54, 1.807) is 30.3 Å². The van der Waals surface area contributed by atoms with E-state index in [-0.39, 0.29) is 11.7 Å². The molecule has 2 amide bonds. The van der Waals surface area contributed by atoms with Gasteiger partial charge in [-0.05, 0) is 41.0 Å². The number of amides is 2. The largest absolute Gasteiger partial charge is 0.507 e. The van der Waals surface area contributed by atoms with Crippen LogP contribution in [0, 0.1) is 5.92 Å². The first kappa shape index (κ1) is 21.3. The molecule has 3 N–H and O–H groups in total. The predicted octanol–water partition coefficient (Wildman–Crippen LogP) is 4.10. The van der Waals surface area contributed by atoms with Crippen molar-refractivity contribution in [2.24, 2.45) is 11.0 Å². The number of nitrogens with one attached hydrogen (secondary N) is 2. The van der Waals surface area contributed by atoms with Gasteiger partial charge in [0.05, 0.1) is 6.21 Å². The molecular weight excluding hydrogens is 402 g/mol. The number of hydrogen-bond donors (Lipinski definition) is 3. The smallest absolute Gasteiger partial charge is 0.262 e. The highest BCUT2D eigenvalue weighted by Gasteiger charge is 2.24. The summed E-state index contributed by atoms with van der Waals surface area (Å²) in [6.07, 6.45) is 1.39. The van der Waals surface area contributed by atoms with Crippen LogP contribution in [0.5, 0.6) is 5.75 Å². The summed E-state index contributed by atoms with van der Waals surface area (Å²) < 4.78 is 0. The lowest BCUT2D eigenvalue weighted by molar-refractivity contribution is -0.123. The number of fused-ring (bicyclic) bond motifs is 1. The normalized spacial score (nSPS) is 12.3.